The van der Waals surface area contributed by atoms with Gasteiger partial charge in [-0.25, -0.2) is 4.98 Å². The van der Waals surface area contributed by atoms with Crippen LogP contribution in [0, 0.1) is 5.92 Å². The highest BCUT2D eigenvalue weighted by Gasteiger charge is 2.17. The Labute approximate surface area is 154 Å². The first-order chi connectivity index (χ1) is 12.7. The summed E-state index contributed by atoms with van der Waals surface area (Å²) < 4.78 is 10.7. The molecule has 1 N–H and O–H groups in total. The Kier molecular flexibility index (Phi) is 5.94. The molecule has 1 aliphatic heterocycles. The van der Waals surface area contributed by atoms with Crippen molar-refractivity contribution in [1.82, 2.24) is 4.98 Å². The molecule has 0 bridgehead atoms. The Bertz CT molecular complexity index is 733. The summed E-state index contributed by atoms with van der Waals surface area (Å²) in [6.07, 6.45) is 4.16. The number of carbonyl (C=O) groups is 1. The van der Waals surface area contributed by atoms with Gasteiger partial charge in [0.15, 0.2) is 18.1 Å². The Hall–Kier alpha value is -2.76. The number of nitrogens with one attached hydrogen (secondary N) is 1. The molecule has 0 aliphatic carbocycles. The van der Waals surface area contributed by atoms with E-state index in [1.165, 1.54) is 12.8 Å². The number of aromatic nitrogens is 1. The lowest BCUT2D eigenvalue weighted by Crippen LogP contribution is -2.34. The van der Waals surface area contributed by atoms with Crippen molar-refractivity contribution >= 4 is 17.4 Å². The molecule has 0 spiro atoms. The third kappa shape index (κ3) is 4.65. The minimum absolute atomic E-state index is 0.0915. The number of rotatable bonds is 6. The molecule has 1 aromatic heterocycles. The zero-order chi connectivity index (χ0) is 18.4. The highest BCUT2D eigenvalue weighted by Crippen LogP contribution is 2.26. The number of ether oxygens (including phenoxy) is 2. The zero-order valence-electron chi connectivity index (χ0n) is 15.3. The highest BCUT2D eigenvalue weighted by atomic mass is 16.5. The summed E-state index contributed by atoms with van der Waals surface area (Å²) in [4.78, 5) is 18.9. The summed E-state index contributed by atoms with van der Waals surface area (Å²) in [5.41, 5.74) is 0.660. The Morgan fingerprint density at radius 1 is 1.27 bits per heavy atom. The van der Waals surface area contributed by atoms with E-state index in [2.05, 4.69) is 22.1 Å². The number of hydrogen-bond acceptors (Lipinski definition) is 5. The summed E-state index contributed by atoms with van der Waals surface area (Å²) in [7, 11) is 1.57. The van der Waals surface area contributed by atoms with Gasteiger partial charge in [0.25, 0.3) is 5.91 Å². The van der Waals surface area contributed by atoms with E-state index in [0.29, 0.717) is 23.1 Å². The first-order valence-electron chi connectivity index (χ1n) is 8.92. The lowest BCUT2D eigenvalue weighted by atomic mass is 10.0. The standard InChI is InChI=1S/C20H25N3O3/c1-15-6-5-11-23(13-15)19-10-9-16(12-21-19)22-20(24)14-26-18-8-4-3-7-17(18)25-2/h3-4,7-10,12,15H,5-6,11,13-14H2,1-2H3,(H,22,24). The second-order valence-corrected chi connectivity index (χ2v) is 6.59. The van der Waals surface area contributed by atoms with Crippen molar-refractivity contribution in [2.24, 2.45) is 5.92 Å². The van der Waals surface area contributed by atoms with E-state index < -0.39 is 0 Å². The molecular weight excluding hydrogens is 330 g/mol. The number of hydrogen-bond donors (Lipinski definition) is 1. The first kappa shape index (κ1) is 18.0. The van der Waals surface area contributed by atoms with Crippen molar-refractivity contribution < 1.29 is 14.3 Å². The Balaban J connectivity index is 1.53. The predicted octanol–water partition coefficient (Wildman–Crippen LogP) is 3.34. The first-order valence-corrected chi connectivity index (χ1v) is 8.92. The van der Waals surface area contributed by atoms with Gasteiger partial charge in [0.2, 0.25) is 0 Å². The molecule has 1 aromatic carbocycles. The fourth-order valence-electron chi connectivity index (χ4n) is 3.12. The number of methoxy groups -OCH3 is 1. The van der Waals surface area contributed by atoms with Crippen molar-refractivity contribution in [3.05, 3.63) is 42.6 Å². The van der Waals surface area contributed by atoms with Crippen molar-refractivity contribution in [2.45, 2.75) is 19.8 Å². The van der Waals surface area contributed by atoms with E-state index >= 15 is 0 Å². The van der Waals surface area contributed by atoms with Crippen molar-refractivity contribution in [2.75, 3.05) is 37.0 Å². The third-order valence-electron chi connectivity index (χ3n) is 4.44. The van der Waals surface area contributed by atoms with Crippen LogP contribution in [0.4, 0.5) is 11.5 Å². The maximum Gasteiger partial charge on any atom is 0.262 e. The minimum Gasteiger partial charge on any atom is -0.493 e. The average Bonchev–Trinajstić information content (AvgIpc) is 2.67. The molecule has 0 radical (unpaired) electrons. The van der Waals surface area contributed by atoms with Crippen LogP contribution in [0.15, 0.2) is 42.6 Å². The van der Waals surface area contributed by atoms with Crippen LogP contribution in [-0.2, 0) is 4.79 Å². The van der Waals surface area contributed by atoms with Gasteiger partial charge in [-0.3, -0.25) is 4.79 Å². The van der Waals surface area contributed by atoms with Gasteiger partial charge in [0.05, 0.1) is 19.0 Å². The van der Waals surface area contributed by atoms with Gasteiger partial charge in [0.1, 0.15) is 5.82 Å². The molecule has 1 aliphatic rings. The van der Waals surface area contributed by atoms with E-state index in [9.17, 15) is 4.79 Å². The van der Waals surface area contributed by atoms with Gasteiger partial charge in [0, 0.05) is 13.1 Å². The van der Waals surface area contributed by atoms with E-state index in [4.69, 9.17) is 9.47 Å². The number of piperidine rings is 1. The van der Waals surface area contributed by atoms with Crippen LogP contribution < -0.4 is 19.7 Å². The largest absolute Gasteiger partial charge is 0.493 e. The summed E-state index contributed by atoms with van der Waals surface area (Å²) in [5.74, 6) is 2.55. The average molecular weight is 355 g/mol. The van der Waals surface area contributed by atoms with Crippen LogP contribution in [0.5, 0.6) is 11.5 Å². The van der Waals surface area contributed by atoms with E-state index in [0.717, 1.165) is 18.9 Å². The zero-order valence-corrected chi connectivity index (χ0v) is 15.3. The van der Waals surface area contributed by atoms with Crippen molar-refractivity contribution in [3.63, 3.8) is 0 Å². The van der Waals surface area contributed by atoms with Crippen molar-refractivity contribution in [3.8, 4) is 11.5 Å². The van der Waals surface area contributed by atoms with Crippen molar-refractivity contribution in [1.29, 1.82) is 0 Å². The molecular formula is C20H25N3O3. The third-order valence-corrected chi connectivity index (χ3v) is 4.44. The molecule has 3 rings (SSSR count). The number of benzene rings is 1. The lowest BCUT2D eigenvalue weighted by molar-refractivity contribution is -0.118. The number of nitrogens with zero attached hydrogens (tertiary/aromatic N) is 2. The van der Waals surface area contributed by atoms with Gasteiger partial charge in [-0.1, -0.05) is 19.1 Å². The van der Waals surface area contributed by atoms with E-state index in [1.807, 2.05) is 24.3 Å². The second kappa shape index (κ2) is 8.56. The molecule has 138 valence electrons. The topological polar surface area (TPSA) is 63.7 Å². The number of para-hydroxylation sites is 2. The number of carbonyl (C=O) groups excluding carboxylic acids is 1. The molecule has 1 fully saturated rings. The normalized spacial score (nSPS) is 16.8. The van der Waals surface area contributed by atoms with E-state index in [1.54, 1.807) is 25.4 Å². The Morgan fingerprint density at radius 3 is 2.77 bits per heavy atom. The minimum atomic E-state index is -0.239. The molecule has 2 aromatic rings. The lowest BCUT2D eigenvalue weighted by Gasteiger charge is -2.31. The van der Waals surface area contributed by atoms with Crippen LogP contribution in [0.3, 0.4) is 0 Å². The molecule has 1 unspecified atom stereocenters. The van der Waals surface area contributed by atoms with Gasteiger partial charge < -0.3 is 19.7 Å². The molecule has 2 heterocycles. The summed E-state index contributed by atoms with van der Waals surface area (Å²) in [6, 6.07) is 11.1. The van der Waals surface area contributed by atoms with Gasteiger partial charge in [-0.2, -0.15) is 0 Å². The van der Waals surface area contributed by atoms with Crippen LogP contribution in [0.25, 0.3) is 0 Å². The smallest absolute Gasteiger partial charge is 0.262 e. The predicted molar refractivity (Wildman–Crippen MR) is 102 cm³/mol. The number of amides is 1. The van der Waals surface area contributed by atoms with Gasteiger partial charge >= 0.3 is 0 Å². The SMILES string of the molecule is COc1ccccc1OCC(=O)Nc1ccc(N2CCCC(C)C2)nc1. The molecule has 6 nitrogen and oxygen atoms in total. The molecule has 6 heteroatoms. The fourth-order valence-corrected chi connectivity index (χ4v) is 3.12. The van der Waals surface area contributed by atoms with Crippen LogP contribution in [0.2, 0.25) is 0 Å². The number of anilines is 2. The van der Waals surface area contributed by atoms with Crippen LogP contribution >= 0.6 is 0 Å². The monoisotopic (exact) mass is 355 g/mol. The second-order valence-electron chi connectivity index (χ2n) is 6.59. The maximum atomic E-state index is 12.1. The quantitative estimate of drug-likeness (QED) is 0.861. The molecule has 1 atom stereocenters. The summed E-state index contributed by atoms with van der Waals surface area (Å²) in [6.45, 7) is 4.25. The highest BCUT2D eigenvalue weighted by molar-refractivity contribution is 5.91. The summed E-state index contributed by atoms with van der Waals surface area (Å²) >= 11 is 0. The summed E-state index contributed by atoms with van der Waals surface area (Å²) in [5, 5.41) is 2.80. The molecule has 26 heavy (non-hydrogen) atoms. The van der Waals surface area contributed by atoms with Crippen LogP contribution in [-0.4, -0.2) is 37.7 Å². The van der Waals surface area contributed by atoms with Crippen LogP contribution in [0.1, 0.15) is 19.8 Å². The van der Waals surface area contributed by atoms with Gasteiger partial charge in [-0.05, 0) is 43.0 Å². The van der Waals surface area contributed by atoms with E-state index in [-0.39, 0.29) is 12.5 Å². The molecule has 0 saturated carbocycles. The maximum absolute atomic E-state index is 12.1. The Morgan fingerprint density at radius 2 is 2.08 bits per heavy atom. The number of pyridine rings is 1. The molecule has 1 amide bonds. The van der Waals surface area contributed by atoms with Gasteiger partial charge in [-0.15, -0.1) is 0 Å². The fraction of sp³-hybridized carbons (Fsp3) is 0.400. The molecule has 1 saturated heterocycles.